The predicted molar refractivity (Wildman–Crippen MR) is 78.9 cm³/mol. The number of aryl methyl sites for hydroxylation is 2. The van der Waals surface area contributed by atoms with E-state index in [0.29, 0.717) is 11.1 Å². The Labute approximate surface area is 120 Å². The zero-order valence-electron chi connectivity index (χ0n) is 11.7. The van der Waals surface area contributed by atoms with Gasteiger partial charge >= 0.3 is 0 Å². The van der Waals surface area contributed by atoms with Crippen molar-refractivity contribution in [2.45, 2.75) is 13.8 Å². The van der Waals surface area contributed by atoms with Gasteiger partial charge in [0.1, 0.15) is 11.6 Å². The van der Waals surface area contributed by atoms with E-state index in [0.717, 1.165) is 29.1 Å². The Morgan fingerprint density at radius 2 is 1.62 bits per heavy atom. The molecule has 1 heterocycles. The first-order valence-electron chi connectivity index (χ1n) is 6.56. The first kappa shape index (κ1) is 13.5. The smallest absolute Gasteiger partial charge is 0.263 e. The van der Waals surface area contributed by atoms with Gasteiger partial charge in [0.25, 0.3) is 5.56 Å². The highest BCUT2D eigenvalue weighted by Crippen LogP contribution is 2.19. The van der Waals surface area contributed by atoms with Gasteiger partial charge in [0.15, 0.2) is 0 Å². The maximum Gasteiger partial charge on any atom is 0.263 e. The summed E-state index contributed by atoms with van der Waals surface area (Å²) < 4.78 is 28.2. The van der Waals surface area contributed by atoms with Crippen molar-refractivity contribution in [1.29, 1.82) is 0 Å². The van der Waals surface area contributed by atoms with Crippen LogP contribution < -0.4 is 5.56 Å². The third-order valence-electron chi connectivity index (χ3n) is 3.54. The molecule has 0 aliphatic carbocycles. The molecule has 2 aromatic carbocycles. The molecular weight excluding hydrogens is 272 g/mol. The molecule has 0 aliphatic heterocycles. The van der Waals surface area contributed by atoms with Crippen molar-refractivity contribution in [3.63, 3.8) is 0 Å². The molecule has 0 spiro atoms. The molecular formula is C17H13F2NO. The van der Waals surface area contributed by atoms with Crippen molar-refractivity contribution >= 4 is 10.8 Å². The fourth-order valence-electron chi connectivity index (χ4n) is 2.65. The predicted octanol–water partition coefficient (Wildman–Crippen LogP) is 3.89. The van der Waals surface area contributed by atoms with Gasteiger partial charge in [-0.1, -0.05) is 18.2 Å². The summed E-state index contributed by atoms with van der Waals surface area (Å²) in [7, 11) is 0. The highest BCUT2D eigenvalue weighted by Gasteiger charge is 2.11. The molecule has 0 atom stereocenters. The van der Waals surface area contributed by atoms with Crippen LogP contribution in [0.1, 0.15) is 11.3 Å². The third-order valence-corrected chi connectivity index (χ3v) is 3.54. The summed E-state index contributed by atoms with van der Waals surface area (Å²) in [4.78, 5) is 12.7. The van der Waals surface area contributed by atoms with Crippen LogP contribution in [0.25, 0.3) is 16.5 Å². The molecule has 3 aromatic rings. The largest absolute Gasteiger partial charge is 0.281 e. The molecule has 0 radical (unpaired) electrons. The fraction of sp³-hybridized carbons (Fsp3) is 0.118. The van der Waals surface area contributed by atoms with Gasteiger partial charge in [-0.15, -0.1) is 0 Å². The number of halogens is 2. The number of rotatable bonds is 1. The first-order chi connectivity index (χ1) is 9.97. The molecule has 0 aliphatic rings. The van der Waals surface area contributed by atoms with E-state index >= 15 is 0 Å². The molecule has 4 heteroatoms. The summed E-state index contributed by atoms with van der Waals surface area (Å²) in [5.41, 5.74) is 1.39. The van der Waals surface area contributed by atoms with E-state index in [-0.39, 0.29) is 11.2 Å². The second-order valence-electron chi connectivity index (χ2n) is 5.09. The average molecular weight is 285 g/mol. The van der Waals surface area contributed by atoms with E-state index in [9.17, 15) is 13.6 Å². The van der Waals surface area contributed by atoms with Crippen LogP contribution in [0, 0.1) is 25.5 Å². The molecule has 106 valence electrons. The number of nitrogens with zero attached hydrogens (tertiary/aromatic N) is 1. The second kappa shape index (κ2) is 4.81. The summed E-state index contributed by atoms with van der Waals surface area (Å²) >= 11 is 0. The summed E-state index contributed by atoms with van der Waals surface area (Å²) in [6.45, 7) is 3.58. The van der Waals surface area contributed by atoms with Crippen molar-refractivity contribution in [2.24, 2.45) is 0 Å². The van der Waals surface area contributed by atoms with Crippen LogP contribution in [0.4, 0.5) is 8.78 Å². The summed E-state index contributed by atoms with van der Waals surface area (Å²) in [5.74, 6) is -1.41. The molecule has 0 saturated heterocycles. The zero-order chi connectivity index (χ0) is 15.1. The van der Waals surface area contributed by atoms with Crippen molar-refractivity contribution in [1.82, 2.24) is 4.57 Å². The minimum atomic E-state index is -0.707. The SMILES string of the molecule is Cc1cccc2cc(C)n(-c3cc(F)cc(F)c3)c(=O)c12. The zero-order valence-corrected chi connectivity index (χ0v) is 11.7. The molecule has 21 heavy (non-hydrogen) atoms. The lowest BCUT2D eigenvalue weighted by Crippen LogP contribution is -2.21. The van der Waals surface area contributed by atoms with E-state index in [4.69, 9.17) is 0 Å². The van der Waals surface area contributed by atoms with Gasteiger partial charge in [0, 0.05) is 11.8 Å². The van der Waals surface area contributed by atoms with Crippen LogP contribution in [0.3, 0.4) is 0 Å². The van der Waals surface area contributed by atoms with Crippen LogP contribution in [0.15, 0.2) is 47.3 Å². The Kier molecular flexibility index (Phi) is 3.09. The van der Waals surface area contributed by atoms with Crippen molar-refractivity contribution in [3.8, 4) is 5.69 Å². The number of fused-ring (bicyclic) bond motifs is 1. The van der Waals surface area contributed by atoms with Gasteiger partial charge in [0.05, 0.1) is 11.1 Å². The molecule has 0 saturated carbocycles. The number of pyridine rings is 1. The minimum absolute atomic E-state index is 0.195. The summed E-state index contributed by atoms with van der Waals surface area (Å²) in [6, 6.07) is 10.5. The van der Waals surface area contributed by atoms with Gasteiger partial charge in [-0.05, 0) is 43.0 Å². The lowest BCUT2D eigenvalue weighted by molar-refractivity contribution is 0.581. The molecule has 0 N–H and O–H groups in total. The quantitative estimate of drug-likeness (QED) is 0.665. The Morgan fingerprint density at radius 3 is 2.29 bits per heavy atom. The summed E-state index contributed by atoms with van der Waals surface area (Å²) in [6.07, 6.45) is 0. The van der Waals surface area contributed by atoms with E-state index in [1.807, 2.05) is 31.2 Å². The van der Waals surface area contributed by atoms with Gasteiger partial charge in [-0.2, -0.15) is 0 Å². The monoisotopic (exact) mass is 285 g/mol. The highest BCUT2D eigenvalue weighted by molar-refractivity contribution is 5.85. The Hall–Kier alpha value is -2.49. The number of benzene rings is 2. The second-order valence-corrected chi connectivity index (χ2v) is 5.09. The molecule has 2 nitrogen and oxygen atoms in total. The van der Waals surface area contributed by atoms with E-state index < -0.39 is 11.6 Å². The van der Waals surface area contributed by atoms with Crippen LogP contribution in [-0.4, -0.2) is 4.57 Å². The number of hydrogen-bond acceptors (Lipinski definition) is 1. The maximum absolute atomic E-state index is 13.4. The summed E-state index contributed by atoms with van der Waals surface area (Å²) in [5, 5.41) is 1.39. The van der Waals surface area contributed by atoms with E-state index in [1.165, 1.54) is 4.57 Å². The third kappa shape index (κ3) is 2.23. The van der Waals surface area contributed by atoms with E-state index in [2.05, 4.69) is 0 Å². The molecule has 1 aromatic heterocycles. The maximum atomic E-state index is 13.4. The molecule has 0 amide bonds. The average Bonchev–Trinajstić information content (AvgIpc) is 2.36. The van der Waals surface area contributed by atoms with Crippen LogP contribution in [-0.2, 0) is 0 Å². The van der Waals surface area contributed by atoms with Crippen molar-refractivity contribution in [3.05, 3.63) is 75.7 Å². The topological polar surface area (TPSA) is 22.0 Å². The van der Waals surface area contributed by atoms with Gasteiger partial charge in [0.2, 0.25) is 0 Å². The van der Waals surface area contributed by atoms with Crippen LogP contribution >= 0.6 is 0 Å². The Balaban J connectivity index is 2.43. The lowest BCUT2D eigenvalue weighted by atomic mass is 10.1. The lowest BCUT2D eigenvalue weighted by Gasteiger charge is -2.13. The molecule has 0 fully saturated rings. The normalized spacial score (nSPS) is 11.0. The highest BCUT2D eigenvalue weighted by atomic mass is 19.1. The van der Waals surface area contributed by atoms with Gasteiger partial charge < -0.3 is 0 Å². The van der Waals surface area contributed by atoms with Crippen LogP contribution in [0.5, 0.6) is 0 Å². The Bertz CT molecular complexity index is 892. The first-order valence-corrected chi connectivity index (χ1v) is 6.56. The standard InChI is InChI=1S/C17H13F2NO/c1-10-4-3-5-12-6-11(2)20(17(21)16(10)12)15-8-13(18)7-14(19)9-15/h3-9H,1-2H3. The number of aromatic nitrogens is 1. The van der Waals surface area contributed by atoms with Gasteiger partial charge in [-0.3, -0.25) is 9.36 Å². The van der Waals surface area contributed by atoms with Crippen molar-refractivity contribution < 1.29 is 8.78 Å². The van der Waals surface area contributed by atoms with Gasteiger partial charge in [-0.25, -0.2) is 8.78 Å². The Morgan fingerprint density at radius 1 is 0.952 bits per heavy atom. The fourth-order valence-corrected chi connectivity index (χ4v) is 2.65. The van der Waals surface area contributed by atoms with Crippen LogP contribution in [0.2, 0.25) is 0 Å². The molecule has 0 bridgehead atoms. The van der Waals surface area contributed by atoms with Crippen molar-refractivity contribution in [2.75, 3.05) is 0 Å². The minimum Gasteiger partial charge on any atom is -0.281 e. The van der Waals surface area contributed by atoms with E-state index in [1.54, 1.807) is 6.92 Å². The molecule has 3 rings (SSSR count). The number of hydrogen-bond donors (Lipinski definition) is 0. The molecule has 0 unspecified atom stereocenters.